The minimum atomic E-state index is -0.0220. The maximum Gasteiger partial charge on any atom is 0.255 e. The van der Waals surface area contributed by atoms with Crippen LogP contribution in [-0.4, -0.2) is 41.8 Å². The third-order valence-electron chi connectivity index (χ3n) is 5.41. The van der Waals surface area contributed by atoms with Crippen molar-refractivity contribution in [3.63, 3.8) is 0 Å². The van der Waals surface area contributed by atoms with Crippen LogP contribution in [0, 0.1) is 18.3 Å². The lowest BCUT2D eigenvalue weighted by molar-refractivity contribution is -0.127. The van der Waals surface area contributed by atoms with Gasteiger partial charge in [0.25, 0.3) is 5.91 Å². The molecule has 0 bridgehead atoms. The van der Waals surface area contributed by atoms with Crippen LogP contribution in [0.5, 0.6) is 0 Å². The summed E-state index contributed by atoms with van der Waals surface area (Å²) in [4.78, 5) is 30.9. The van der Waals surface area contributed by atoms with Crippen molar-refractivity contribution >= 4 is 11.8 Å². The number of rotatable bonds is 2. The monoisotopic (exact) mass is 301 g/mol. The summed E-state index contributed by atoms with van der Waals surface area (Å²) in [6.45, 7) is 3.36. The van der Waals surface area contributed by atoms with E-state index < -0.39 is 0 Å². The molecule has 0 aromatic carbocycles. The highest BCUT2D eigenvalue weighted by Crippen LogP contribution is 2.50. The fraction of sp³-hybridized carbons (Fsp3) is 0.588. The van der Waals surface area contributed by atoms with Crippen molar-refractivity contribution in [3.05, 3.63) is 29.6 Å². The molecule has 2 aliphatic rings. The van der Waals surface area contributed by atoms with E-state index in [2.05, 4.69) is 10.3 Å². The van der Waals surface area contributed by atoms with Crippen LogP contribution in [0.4, 0.5) is 0 Å². The summed E-state index contributed by atoms with van der Waals surface area (Å²) >= 11 is 0. The zero-order valence-corrected chi connectivity index (χ0v) is 13.3. The largest absolute Gasteiger partial charge is 0.359 e. The lowest BCUT2D eigenvalue weighted by Crippen LogP contribution is -2.40. The molecule has 2 atom stereocenters. The Morgan fingerprint density at radius 3 is 2.95 bits per heavy atom. The Kier molecular flexibility index (Phi) is 3.89. The SMILES string of the molecule is CNC(=O)[C@@H]1CCC[C@@]12CCN(C(=O)c1cnccc1C)C2. The van der Waals surface area contributed by atoms with Gasteiger partial charge in [0.1, 0.15) is 0 Å². The van der Waals surface area contributed by atoms with Crippen molar-refractivity contribution in [2.45, 2.75) is 32.6 Å². The van der Waals surface area contributed by atoms with Crippen molar-refractivity contribution in [2.24, 2.45) is 11.3 Å². The predicted octanol–water partition coefficient (Wildman–Crippen LogP) is 1.77. The number of amides is 2. The predicted molar refractivity (Wildman–Crippen MR) is 83.3 cm³/mol. The summed E-state index contributed by atoms with van der Waals surface area (Å²) in [7, 11) is 1.70. The van der Waals surface area contributed by atoms with Crippen LogP contribution in [0.15, 0.2) is 18.5 Å². The molecule has 0 unspecified atom stereocenters. The normalized spacial score (nSPS) is 27.4. The first-order valence-electron chi connectivity index (χ1n) is 7.99. The lowest BCUT2D eigenvalue weighted by Gasteiger charge is -2.30. The van der Waals surface area contributed by atoms with Crippen molar-refractivity contribution in [1.82, 2.24) is 15.2 Å². The van der Waals surface area contributed by atoms with E-state index in [0.717, 1.165) is 37.8 Å². The second-order valence-corrected chi connectivity index (χ2v) is 6.59. The number of hydrogen-bond donors (Lipinski definition) is 1. The zero-order valence-electron chi connectivity index (χ0n) is 13.3. The quantitative estimate of drug-likeness (QED) is 0.905. The smallest absolute Gasteiger partial charge is 0.255 e. The summed E-state index contributed by atoms with van der Waals surface area (Å²) < 4.78 is 0. The molecule has 1 aromatic rings. The van der Waals surface area contributed by atoms with Gasteiger partial charge in [-0.1, -0.05) is 6.42 Å². The van der Waals surface area contributed by atoms with Gasteiger partial charge in [-0.15, -0.1) is 0 Å². The average molecular weight is 301 g/mol. The van der Waals surface area contributed by atoms with Gasteiger partial charge < -0.3 is 10.2 Å². The minimum absolute atomic E-state index is 0.0220. The summed E-state index contributed by atoms with van der Waals surface area (Å²) in [6.07, 6.45) is 7.33. The van der Waals surface area contributed by atoms with E-state index in [0.29, 0.717) is 12.1 Å². The van der Waals surface area contributed by atoms with Crippen LogP contribution in [0.25, 0.3) is 0 Å². The maximum absolute atomic E-state index is 12.7. The average Bonchev–Trinajstić information content (AvgIpc) is 3.14. The molecular formula is C17H23N3O2. The summed E-state index contributed by atoms with van der Waals surface area (Å²) in [5.41, 5.74) is 1.61. The van der Waals surface area contributed by atoms with Gasteiger partial charge in [0.15, 0.2) is 0 Å². The van der Waals surface area contributed by atoms with Crippen LogP contribution in [-0.2, 0) is 4.79 Å². The Morgan fingerprint density at radius 2 is 2.23 bits per heavy atom. The highest BCUT2D eigenvalue weighted by atomic mass is 16.2. The number of likely N-dealkylation sites (tertiary alicyclic amines) is 1. The minimum Gasteiger partial charge on any atom is -0.359 e. The molecular weight excluding hydrogens is 278 g/mol. The maximum atomic E-state index is 12.7. The molecule has 1 aliphatic heterocycles. The third kappa shape index (κ3) is 2.38. The lowest BCUT2D eigenvalue weighted by atomic mass is 9.76. The molecule has 118 valence electrons. The van der Waals surface area contributed by atoms with Gasteiger partial charge >= 0.3 is 0 Å². The van der Waals surface area contributed by atoms with E-state index in [-0.39, 0.29) is 23.1 Å². The second-order valence-electron chi connectivity index (χ2n) is 6.59. The van der Waals surface area contributed by atoms with Gasteiger partial charge in [-0.05, 0) is 37.8 Å². The number of carbonyl (C=O) groups is 2. The van der Waals surface area contributed by atoms with Crippen LogP contribution in [0.2, 0.25) is 0 Å². The molecule has 2 fully saturated rings. The molecule has 1 spiro atoms. The molecule has 5 nitrogen and oxygen atoms in total. The van der Waals surface area contributed by atoms with Crippen molar-refractivity contribution in [3.8, 4) is 0 Å². The summed E-state index contributed by atoms with van der Waals surface area (Å²) in [6, 6.07) is 1.86. The van der Waals surface area contributed by atoms with Gasteiger partial charge in [-0.25, -0.2) is 0 Å². The Labute approximate surface area is 131 Å². The molecule has 5 heteroatoms. The molecule has 2 heterocycles. The van der Waals surface area contributed by atoms with Gasteiger partial charge in [-0.2, -0.15) is 0 Å². The Balaban J connectivity index is 1.79. The Morgan fingerprint density at radius 1 is 1.41 bits per heavy atom. The first kappa shape index (κ1) is 15.0. The van der Waals surface area contributed by atoms with Crippen LogP contribution < -0.4 is 5.32 Å². The summed E-state index contributed by atoms with van der Waals surface area (Å²) in [5, 5.41) is 2.79. The number of pyridine rings is 1. The molecule has 1 saturated carbocycles. The molecule has 1 aliphatic carbocycles. The first-order valence-corrected chi connectivity index (χ1v) is 7.99. The van der Waals surface area contributed by atoms with E-state index in [1.165, 1.54) is 0 Å². The number of aromatic nitrogens is 1. The van der Waals surface area contributed by atoms with E-state index >= 15 is 0 Å². The Hall–Kier alpha value is -1.91. The second kappa shape index (κ2) is 5.71. The van der Waals surface area contributed by atoms with E-state index in [4.69, 9.17) is 0 Å². The van der Waals surface area contributed by atoms with Crippen LogP contribution >= 0.6 is 0 Å². The molecule has 1 aromatic heterocycles. The molecule has 1 saturated heterocycles. The number of nitrogens with one attached hydrogen (secondary N) is 1. The van der Waals surface area contributed by atoms with Gasteiger partial charge in [-0.3, -0.25) is 14.6 Å². The van der Waals surface area contributed by atoms with Gasteiger partial charge in [0.2, 0.25) is 5.91 Å². The topological polar surface area (TPSA) is 62.3 Å². The van der Waals surface area contributed by atoms with Gasteiger partial charge in [0.05, 0.1) is 5.56 Å². The Bertz CT molecular complexity index is 601. The fourth-order valence-corrected chi connectivity index (χ4v) is 4.14. The molecule has 3 rings (SSSR count). The molecule has 1 N–H and O–H groups in total. The number of carbonyl (C=O) groups excluding carboxylic acids is 2. The first-order chi connectivity index (χ1) is 10.6. The van der Waals surface area contributed by atoms with E-state index in [1.807, 2.05) is 17.9 Å². The number of hydrogen-bond acceptors (Lipinski definition) is 3. The van der Waals surface area contributed by atoms with Crippen LogP contribution in [0.3, 0.4) is 0 Å². The van der Waals surface area contributed by atoms with Gasteiger partial charge in [0, 0.05) is 43.9 Å². The molecule has 2 amide bonds. The molecule has 22 heavy (non-hydrogen) atoms. The highest BCUT2D eigenvalue weighted by molar-refractivity contribution is 5.95. The van der Waals surface area contributed by atoms with E-state index in [1.54, 1.807) is 19.4 Å². The number of nitrogens with zero attached hydrogens (tertiary/aromatic N) is 2. The number of aryl methyl sites for hydroxylation is 1. The van der Waals surface area contributed by atoms with Crippen molar-refractivity contribution in [2.75, 3.05) is 20.1 Å². The highest BCUT2D eigenvalue weighted by Gasteiger charge is 2.51. The van der Waals surface area contributed by atoms with Crippen molar-refractivity contribution in [1.29, 1.82) is 0 Å². The van der Waals surface area contributed by atoms with Crippen LogP contribution in [0.1, 0.15) is 41.6 Å². The molecule has 0 radical (unpaired) electrons. The van der Waals surface area contributed by atoms with E-state index in [9.17, 15) is 9.59 Å². The standard InChI is InChI=1S/C17H23N3O2/c1-12-5-8-19-10-13(12)16(22)20-9-7-17(11-20)6-3-4-14(17)15(21)18-2/h5,8,10,14H,3-4,6-7,9,11H2,1-2H3,(H,18,21)/t14-,17-/m0/s1. The third-order valence-corrected chi connectivity index (χ3v) is 5.41. The van der Waals surface area contributed by atoms with Crippen molar-refractivity contribution < 1.29 is 9.59 Å². The zero-order chi connectivity index (χ0) is 15.7. The fourth-order valence-electron chi connectivity index (χ4n) is 4.14. The summed E-state index contributed by atoms with van der Waals surface area (Å²) in [5.74, 6) is 0.222.